The SMILES string of the molecule is COC(=O)C1(C)CCC2(C)CCC3(C)C(C(=O)CC4C5(C)CCC(OC(C)=O)C(C)(C)C5CCC43C)C2C1. The number of carbonyl (C=O) groups excluding carboxylic acids is 3. The summed E-state index contributed by atoms with van der Waals surface area (Å²) in [7, 11) is 1.50. The summed E-state index contributed by atoms with van der Waals surface area (Å²) < 4.78 is 11.1. The van der Waals surface area contributed by atoms with Gasteiger partial charge in [-0.3, -0.25) is 14.4 Å². The number of carbonyl (C=O) groups is 3. The Morgan fingerprint density at radius 2 is 1.47 bits per heavy atom. The van der Waals surface area contributed by atoms with Crippen LogP contribution in [0.1, 0.15) is 120 Å². The number of rotatable bonds is 2. The summed E-state index contributed by atoms with van der Waals surface area (Å²) >= 11 is 0. The molecule has 5 heteroatoms. The number of ketones is 1. The molecular formula is C33H52O5. The number of hydrogen-bond acceptors (Lipinski definition) is 5. The summed E-state index contributed by atoms with van der Waals surface area (Å²) in [6.07, 6.45) is 9.55. The van der Waals surface area contributed by atoms with E-state index in [0.717, 1.165) is 57.8 Å². The van der Waals surface area contributed by atoms with Crippen LogP contribution >= 0.6 is 0 Å². The van der Waals surface area contributed by atoms with Crippen LogP contribution in [0.5, 0.6) is 0 Å². The summed E-state index contributed by atoms with van der Waals surface area (Å²) in [6.45, 7) is 18.0. The van der Waals surface area contributed by atoms with E-state index in [0.29, 0.717) is 24.0 Å². The first kappa shape index (κ1) is 28.1. The lowest BCUT2D eigenvalue weighted by atomic mass is 9.31. The predicted molar refractivity (Wildman–Crippen MR) is 147 cm³/mol. The monoisotopic (exact) mass is 528 g/mol. The Labute approximate surface area is 230 Å². The van der Waals surface area contributed by atoms with Gasteiger partial charge in [-0.05, 0) is 104 Å². The third kappa shape index (κ3) is 3.57. The van der Waals surface area contributed by atoms with Crippen molar-refractivity contribution in [3.8, 4) is 0 Å². The smallest absolute Gasteiger partial charge is 0.311 e. The molecule has 0 N–H and O–H groups in total. The predicted octanol–water partition coefficient (Wildman–Crippen LogP) is 7.15. The molecule has 5 nitrogen and oxygen atoms in total. The number of esters is 2. The van der Waals surface area contributed by atoms with Gasteiger partial charge in [0.15, 0.2) is 0 Å². The van der Waals surface area contributed by atoms with Crippen molar-refractivity contribution in [3.63, 3.8) is 0 Å². The van der Waals surface area contributed by atoms with E-state index < -0.39 is 5.41 Å². The van der Waals surface area contributed by atoms with Gasteiger partial charge in [-0.2, -0.15) is 0 Å². The molecule has 0 aromatic rings. The highest BCUT2D eigenvalue weighted by molar-refractivity contribution is 5.85. The zero-order valence-corrected chi connectivity index (χ0v) is 25.5. The largest absolute Gasteiger partial charge is 0.469 e. The zero-order valence-electron chi connectivity index (χ0n) is 25.5. The fraction of sp³-hybridized carbons (Fsp3) is 0.909. The second kappa shape index (κ2) is 8.56. The Hall–Kier alpha value is -1.39. The van der Waals surface area contributed by atoms with E-state index in [2.05, 4.69) is 48.5 Å². The van der Waals surface area contributed by atoms with Crippen LogP contribution in [0.15, 0.2) is 0 Å². The lowest BCUT2D eigenvalue weighted by Crippen LogP contribution is -2.69. The van der Waals surface area contributed by atoms with Gasteiger partial charge in [-0.15, -0.1) is 0 Å². The Balaban J connectivity index is 1.52. The van der Waals surface area contributed by atoms with Crippen molar-refractivity contribution in [2.45, 2.75) is 126 Å². The van der Waals surface area contributed by atoms with Gasteiger partial charge < -0.3 is 9.47 Å². The van der Waals surface area contributed by atoms with Crippen molar-refractivity contribution in [1.29, 1.82) is 0 Å². The quantitative estimate of drug-likeness (QED) is 0.356. The second-order valence-electron chi connectivity index (χ2n) is 16.1. The van der Waals surface area contributed by atoms with Crippen molar-refractivity contribution < 1.29 is 23.9 Å². The molecule has 5 aliphatic carbocycles. The van der Waals surface area contributed by atoms with E-state index in [1.165, 1.54) is 14.0 Å². The molecule has 214 valence electrons. The molecule has 0 aromatic heterocycles. The van der Waals surface area contributed by atoms with Gasteiger partial charge in [0.05, 0.1) is 12.5 Å². The molecule has 0 bridgehead atoms. The molecule has 5 aliphatic rings. The molecule has 10 atom stereocenters. The lowest BCUT2D eigenvalue weighted by molar-refractivity contribution is -0.246. The number of hydrogen-bond donors (Lipinski definition) is 0. The van der Waals surface area contributed by atoms with Gasteiger partial charge in [-0.1, -0.05) is 41.5 Å². The van der Waals surface area contributed by atoms with E-state index in [4.69, 9.17) is 9.47 Å². The summed E-state index contributed by atoms with van der Waals surface area (Å²) in [4.78, 5) is 39.3. The van der Waals surface area contributed by atoms with Gasteiger partial charge in [0.25, 0.3) is 0 Å². The molecule has 0 spiro atoms. The Kier molecular flexibility index (Phi) is 6.34. The molecule has 10 unspecified atom stereocenters. The summed E-state index contributed by atoms with van der Waals surface area (Å²) in [5, 5.41) is 0. The topological polar surface area (TPSA) is 69.7 Å². The third-order valence-corrected chi connectivity index (χ3v) is 14.1. The normalized spacial score (nSPS) is 51.5. The highest BCUT2D eigenvalue weighted by Crippen LogP contribution is 2.76. The van der Waals surface area contributed by atoms with Crippen LogP contribution in [-0.2, 0) is 23.9 Å². The minimum absolute atomic E-state index is 0.0114. The molecule has 38 heavy (non-hydrogen) atoms. The first-order valence-corrected chi connectivity index (χ1v) is 15.3. The molecule has 0 heterocycles. The number of ether oxygens (including phenoxy) is 2. The summed E-state index contributed by atoms with van der Waals surface area (Å²) in [5.74, 6) is 1.14. The van der Waals surface area contributed by atoms with E-state index in [9.17, 15) is 14.4 Å². The Morgan fingerprint density at radius 3 is 2.11 bits per heavy atom. The van der Waals surface area contributed by atoms with Crippen molar-refractivity contribution >= 4 is 17.7 Å². The Morgan fingerprint density at radius 1 is 0.816 bits per heavy atom. The van der Waals surface area contributed by atoms with Crippen molar-refractivity contribution in [2.24, 2.45) is 56.2 Å². The first-order valence-electron chi connectivity index (χ1n) is 15.3. The van der Waals surface area contributed by atoms with E-state index >= 15 is 0 Å². The van der Waals surface area contributed by atoms with Crippen LogP contribution in [0.25, 0.3) is 0 Å². The summed E-state index contributed by atoms with van der Waals surface area (Å²) in [5.41, 5.74) is -0.458. The number of Topliss-reactive ketones (excluding diaryl/α,β-unsaturated/α-hetero) is 1. The maximum absolute atomic E-state index is 14.5. The molecular weight excluding hydrogens is 476 g/mol. The van der Waals surface area contributed by atoms with Crippen LogP contribution in [0, 0.1) is 56.2 Å². The molecule has 0 amide bonds. The van der Waals surface area contributed by atoms with Crippen LogP contribution in [0.3, 0.4) is 0 Å². The molecule has 5 saturated carbocycles. The minimum Gasteiger partial charge on any atom is -0.469 e. The minimum atomic E-state index is -0.502. The summed E-state index contributed by atoms with van der Waals surface area (Å²) in [6, 6.07) is 0. The van der Waals surface area contributed by atoms with Crippen molar-refractivity contribution in [1.82, 2.24) is 0 Å². The van der Waals surface area contributed by atoms with Gasteiger partial charge in [-0.25, -0.2) is 0 Å². The van der Waals surface area contributed by atoms with Crippen molar-refractivity contribution in [2.75, 3.05) is 7.11 Å². The van der Waals surface area contributed by atoms with Crippen LogP contribution in [0.2, 0.25) is 0 Å². The van der Waals surface area contributed by atoms with E-state index in [1.54, 1.807) is 0 Å². The average molecular weight is 529 g/mol. The van der Waals surface area contributed by atoms with Crippen LogP contribution in [-0.4, -0.2) is 30.9 Å². The van der Waals surface area contributed by atoms with Gasteiger partial charge in [0.2, 0.25) is 0 Å². The van der Waals surface area contributed by atoms with Crippen LogP contribution in [0.4, 0.5) is 0 Å². The molecule has 0 aromatic carbocycles. The molecule has 5 rings (SSSR count). The molecule has 0 aliphatic heterocycles. The second-order valence-corrected chi connectivity index (χ2v) is 16.1. The van der Waals surface area contributed by atoms with Gasteiger partial charge >= 0.3 is 11.9 Å². The average Bonchev–Trinajstić information content (AvgIpc) is 2.83. The molecule has 0 radical (unpaired) electrons. The maximum atomic E-state index is 14.5. The zero-order chi connectivity index (χ0) is 28.1. The standard InChI is InChI=1S/C33H52O5/c1-20(34)38-25-11-12-31(6)23(28(25,2)3)10-13-32(7)24(31)18-22(35)26-21-19-30(5,27(36)37-9)15-14-29(21,4)16-17-33(26,32)8/h21,23-26H,10-19H2,1-9H3. The first-order chi connectivity index (χ1) is 17.5. The fourth-order valence-electron chi connectivity index (χ4n) is 11.6. The third-order valence-electron chi connectivity index (χ3n) is 14.1. The van der Waals surface area contributed by atoms with E-state index in [1.807, 2.05) is 0 Å². The molecule has 0 saturated heterocycles. The van der Waals surface area contributed by atoms with E-state index in [-0.39, 0.29) is 57.0 Å². The van der Waals surface area contributed by atoms with Gasteiger partial charge in [0.1, 0.15) is 11.9 Å². The van der Waals surface area contributed by atoms with Crippen LogP contribution < -0.4 is 0 Å². The number of fused-ring (bicyclic) bond motifs is 7. The highest BCUT2D eigenvalue weighted by Gasteiger charge is 2.72. The molecule has 5 fully saturated rings. The van der Waals surface area contributed by atoms with Crippen molar-refractivity contribution in [3.05, 3.63) is 0 Å². The highest BCUT2D eigenvalue weighted by atomic mass is 16.5. The maximum Gasteiger partial charge on any atom is 0.311 e. The van der Waals surface area contributed by atoms with Gasteiger partial charge in [0, 0.05) is 24.7 Å². The number of methoxy groups -OCH3 is 1. The fourth-order valence-corrected chi connectivity index (χ4v) is 11.6. The lowest BCUT2D eigenvalue weighted by Gasteiger charge is -2.73. The Bertz CT molecular complexity index is 1030.